The third-order valence-electron chi connectivity index (χ3n) is 5.59. The predicted octanol–water partition coefficient (Wildman–Crippen LogP) is 3.10. The number of likely N-dealkylation sites (tertiary alicyclic amines) is 1. The lowest BCUT2D eigenvalue weighted by Gasteiger charge is -2.43. The summed E-state index contributed by atoms with van der Waals surface area (Å²) < 4.78 is 58.9. The van der Waals surface area contributed by atoms with Crippen molar-refractivity contribution >= 4 is 15.5 Å². The molecule has 2 aliphatic rings. The smallest absolute Gasteiger partial charge is 0.206 e. The number of piperidine rings is 1. The van der Waals surface area contributed by atoms with Crippen LogP contribution in [0.25, 0.3) is 0 Å². The summed E-state index contributed by atoms with van der Waals surface area (Å²) in [7, 11) is -3.65. The van der Waals surface area contributed by atoms with Crippen LogP contribution >= 0.6 is 0 Å². The molecule has 2 aliphatic heterocycles. The van der Waals surface area contributed by atoms with Crippen LogP contribution < -0.4 is 9.64 Å². The number of anilines is 1. The molecule has 0 N–H and O–H groups in total. The molecule has 2 heterocycles. The maximum atomic E-state index is 14.8. The lowest BCUT2D eigenvalue weighted by Crippen LogP contribution is -2.54. The van der Waals surface area contributed by atoms with Gasteiger partial charge in [-0.25, -0.2) is 17.2 Å². The molecular weight excluding hydrogens is 398 g/mol. The summed E-state index contributed by atoms with van der Waals surface area (Å²) >= 11 is 0. The van der Waals surface area contributed by atoms with Crippen LogP contribution in [0.5, 0.6) is 5.75 Å². The maximum Gasteiger partial charge on any atom is 0.206 e. The SMILES string of the molecule is O=S(=O)(c1ccccc1)c1ccc2c(c1)OCCN2C1CCN(CCF)CC1F. The van der Waals surface area contributed by atoms with Crippen LogP contribution in [0.15, 0.2) is 58.3 Å². The molecule has 2 aromatic carbocycles. The van der Waals surface area contributed by atoms with Crippen molar-refractivity contribution in [3.8, 4) is 5.75 Å². The lowest BCUT2D eigenvalue weighted by molar-refractivity contribution is 0.106. The Hall–Kier alpha value is -2.19. The van der Waals surface area contributed by atoms with Gasteiger partial charge in [-0.15, -0.1) is 0 Å². The molecule has 0 amide bonds. The van der Waals surface area contributed by atoms with E-state index in [9.17, 15) is 17.2 Å². The topological polar surface area (TPSA) is 49.9 Å². The van der Waals surface area contributed by atoms with Gasteiger partial charge in [0.05, 0.1) is 28.1 Å². The van der Waals surface area contributed by atoms with Crippen molar-refractivity contribution in [1.82, 2.24) is 4.90 Å². The van der Waals surface area contributed by atoms with E-state index in [0.717, 1.165) is 0 Å². The number of halogens is 2. The molecule has 2 unspecified atom stereocenters. The molecule has 5 nitrogen and oxygen atoms in total. The van der Waals surface area contributed by atoms with Gasteiger partial charge in [-0.3, -0.25) is 4.90 Å². The summed E-state index contributed by atoms with van der Waals surface area (Å²) in [5.74, 6) is 0.451. The molecule has 2 atom stereocenters. The van der Waals surface area contributed by atoms with Crippen molar-refractivity contribution in [2.75, 3.05) is 44.4 Å². The Morgan fingerprint density at radius 1 is 1.07 bits per heavy atom. The van der Waals surface area contributed by atoms with Crippen molar-refractivity contribution in [3.05, 3.63) is 48.5 Å². The van der Waals surface area contributed by atoms with Crippen LogP contribution in [-0.2, 0) is 9.84 Å². The van der Waals surface area contributed by atoms with E-state index in [1.54, 1.807) is 47.4 Å². The van der Waals surface area contributed by atoms with Gasteiger partial charge in [0.15, 0.2) is 0 Å². The van der Waals surface area contributed by atoms with Gasteiger partial charge in [-0.05, 0) is 30.7 Å². The van der Waals surface area contributed by atoms with E-state index in [-0.39, 0.29) is 28.9 Å². The molecule has 0 bridgehead atoms. The highest BCUT2D eigenvalue weighted by Gasteiger charge is 2.36. The summed E-state index contributed by atoms with van der Waals surface area (Å²) in [6, 6.07) is 12.7. The van der Waals surface area contributed by atoms with Gasteiger partial charge in [0, 0.05) is 25.7 Å². The number of nitrogens with zero attached hydrogens (tertiary/aromatic N) is 2. The number of hydrogen-bond donors (Lipinski definition) is 0. The summed E-state index contributed by atoms with van der Waals surface area (Å²) in [6.07, 6.45) is -0.515. The first-order valence-electron chi connectivity index (χ1n) is 9.77. The molecule has 156 valence electrons. The van der Waals surface area contributed by atoms with Crippen molar-refractivity contribution in [1.29, 1.82) is 0 Å². The summed E-state index contributed by atoms with van der Waals surface area (Å²) in [5.41, 5.74) is 0.704. The number of hydrogen-bond acceptors (Lipinski definition) is 5. The molecule has 0 saturated carbocycles. The van der Waals surface area contributed by atoms with Crippen LogP contribution in [0, 0.1) is 0 Å². The Morgan fingerprint density at radius 3 is 2.59 bits per heavy atom. The van der Waals surface area contributed by atoms with Crippen LogP contribution in [-0.4, -0.2) is 65.0 Å². The molecule has 0 aromatic heterocycles. The highest BCUT2D eigenvalue weighted by atomic mass is 32.2. The van der Waals surface area contributed by atoms with E-state index in [0.29, 0.717) is 37.6 Å². The van der Waals surface area contributed by atoms with Crippen LogP contribution in [0.1, 0.15) is 6.42 Å². The number of rotatable bonds is 5. The monoisotopic (exact) mass is 422 g/mol. The van der Waals surface area contributed by atoms with E-state index < -0.39 is 22.7 Å². The molecular formula is C21H24F2N2O3S. The standard InChI is InChI=1S/C21H24F2N2O3S/c22-9-11-24-10-8-19(18(23)15-24)25-12-13-28-21-14-17(6-7-20(21)25)29(26,27)16-4-2-1-3-5-16/h1-7,14,18-19H,8-13,15H2. The van der Waals surface area contributed by atoms with Crippen LogP contribution in [0.3, 0.4) is 0 Å². The quantitative estimate of drug-likeness (QED) is 0.741. The fraction of sp³-hybridized carbons (Fsp3) is 0.429. The van der Waals surface area contributed by atoms with Crippen LogP contribution in [0.4, 0.5) is 14.5 Å². The summed E-state index contributed by atoms with van der Waals surface area (Å²) in [4.78, 5) is 4.14. The molecule has 8 heteroatoms. The zero-order valence-electron chi connectivity index (χ0n) is 16.0. The lowest BCUT2D eigenvalue weighted by atomic mass is 9.99. The predicted molar refractivity (Wildman–Crippen MR) is 107 cm³/mol. The normalized spacial score (nSPS) is 22.8. The molecule has 0 spiro atoms. The number of ether oxygens (including phenoxy) is 1. The minimum absolute atomic E-state index is 0.152. The highest BCUT2D eigenvalue weighted by Crippen LogP contribution is 2.38. The Balaban J connectivity index is 1.60. The van der Waals surface area contributed by atoms with Gasteiger partial charge in [0.2, 0.25) is 9.84 Å². The average Bonchev–Trinajstić information content (AvgIpc) is 2.74. The summed E-state index contributed by atoms with van der Waals surface area (Å²) in [5, 5.41) is 0. The fourth-order valence-corrected chi connectivity index (χ4v) is 5.40. The second-order valence-corrected chi connectivity index (χ2v) is 9.30. The van der Waals surface area contributed by atoms with Gasteiger partial charge in [-0.2, -0.15) is 0 Å². The van der Waals surface area contributed by atoms with Crippen LogP contribution in [0.2, 0.25) is 0 Å². The van der Waals surface area contributed by atoms with Gasteiger partial charge in [-0.1, -0.05) is 18.2 Å². The van der Waals surface area contributed by atoms with Crippen molar-refractivity contribution in [2.45, 2.75) is 28.4 Å². The van der Waals surface area contributed by atoms with E-state index in [2.05, 4.69) is 0 Å². The number of fused-ring (bicyclic) bond motifs is 1. The van der Waals surface area contributed by atoms with E-state index in [1.807, 2.05) is 4.90 Å². The molecule has 2 aromatic rings. The van der Waals surface area contributed by atoms with Gasteiger partial charge in [0.25, 0.3) is 0 Å². The highest BCUT2D eigenvalue weighted by molar-refractivity contribution is 7.91. The first kappa shape index (κ1) is 20.1. The fourth-order valence-electron chi connectivity index (χ4n) is 4.10. The third-order valence-corrected chi connectivity index (χ3v) is 7.35. The Morgan fingerprint density at radius 2 is 1.86 bits per heavy atom. The van der Waals surface area contributed by atoms with E-state index in [4.69, 9.17) is 4.74 Å². The van der Waals surface area contributed by atoms with Crippen molar-refractivity contribution in [2.24, 2.45) is 0 Å². The molecule has 4 rings (SSSR count). The molecule has 1 fully saturated rings. The first-order valence-corrected chi connectivity index (χ1v) is 11.2. The van der Waals surface area contributed by atoms with Crippen molar-refractivity contribution < 1.29 is 21.9 Å². The van der Waals surface area contributed by atoms with Crippen molar-refractivity contribution in [3.63, 3.8) is 0 Å². The van der Waals surface area contributed by atoms with E-state index >= 15 is 0 Å². The molecule has 1 saturated heterocycles. The largest absolute Gasteiger partial charge is 0.490 e. The molecule has 0 radical (unpaired) electrons. The number of sulfone groups is 1. The minimum Gasteiger partial charge on any atom is -0.490 e. The van der Waals surface area contributed by atoms with Gasteiger partial charge < -0.3 is 9.64 Å². The summed E-state index contributed by atoms with van der Waals surface area (Å²) in [6.45, 7) is 1.53. The first-order chi connectivity index (χ1) is 14.0. The molecule has 0 aliphatic carbocycles. The van der Waals surface area contributed by atoms with E-state index in [1.165, 1.54) is 6.07 Å². The minimum atomic E-state index is -3.65. The number of benzene rings is 2. The zero-order chi connectivity index (χ0) is 20.4. The molecule has 29 heavy (non-hydrogen) atoms. The van der Waals surface area contributed by atoms with Gasteiger partial charge in [0.1, 0.15) is 25.2 Å². The number of alkyl halides is 2. The second kappa shape index (κ2) is 8.28. The third kappa shape index (κ3) is 3.96. The Labute approximate surface area is 169 Å². The average molecular weight is 422 g/mol. The van der Waals surface area contributed by atoms with Gasteiger partial charge >= 0.3 is 0 Å². The maximum absolute atomic E-state index is 14.8. The Kier molecular flexibility index (Phi) is 5.74. The Bertz CT molecular complexity index is 956. The second-order valence-electron chi connectivity index (χ2n) is 7.35. The zero-order valence-corrected chi connectivity index (χ0v) is 16.8.